The van der Waals surface area contributed by atoms with Gasteiger partial charge in [0.2, 0.25) is 5.91 Å². The van der Waals surface area contributed by atoms with Crippen molar-refractivity contribution in [2.45, 2.75) is 32.6 Å². The summed E-state index contributed by atoms with van der Waals surface area (Å²) in [5, 5.41) is 2.86. The van der Waals surface area contributed by atoms with Gasteiger partial charge >= 0.3 is 0 Å². The van der Waals surface area contributed by atoms with Gasteiger partial charge in [-0.15, -0.1) is 11.6 Å². The van der Waals surface area contributed by atoms with E-state index in [1.807, 2.05) is 0 Å². The van der Waals surface area contributed by atoms with Crippen molar-refractivity contribution in [2.24, 2.45) is 5.92 Å². The first-order valence-corrected chi connectivity index (χ1v) is 7.26. The molecule has 0 radical (unpaired) electrons. The molecule has 0 aliphatic rings. The van der Waals surface area contributed by atoms with Gasteiger partial charge in [0.1, 0.15) is 5.82 Å². The van der Waals surface area contributed by atoms with Crippen molar-refractivity contribution < 1.29 is 9.18 Å². The molecule has 1 rings (SSSR count). The fourth-order valence-corrected chi connectivity index (χ4v) is 2.36. The van der Waals surface area contributed by atoms with Crippen LogP contribution >= 0.6 is 11.6 Å². The summed E-state index contributed by atoms with van der Waals surface area (Å²) < 4.78 is 13.4. The quantitative estimate of drug-likeness (QED) is 0.728. The lowest BCUT2D eigenvalue weighted by atomic mass is 10.0. The summed E-state index contributed by atoms with van der Waals surface area (Å²) in [7, 11) is 0. The first kappa shape index (κ1) is 16.0. The molecule has 0 aliphatic heterocycles. The van der Waals surface area contributed by atoms with Crippen LogP contribution < -0.4 is 5.32 Å². The second-order valence-corrected chi connectivity index (χ2v) is 5.08. The summed E-state index contributed by atoms with van der Waals surface area (Å²) in [5.74, 6) is 0.546. The maximum atomic E-state index is 13.4. The van der Waals surface area contributed by atoms with Crippen LogP contribution in [-0.2, 0) is 11.2 Å². The zero-order chi connectivity index (χ0) is 14.1. The van der Waals surface area contributed by atoms with Gasteiger partial charge in [0.05, 0.1) is 6.42 Å². The van der Waals surface area contributed by atoms with E-state index in [-0.39, 0.29) is 18.1 Å². The normalized spacial score (nSPS) is 12.2. The van der Waals surface area contributed by atoms with E-state index in [1.54, 1.807) is 18.2 Å². The highest BCUT2D eigenvalue weighted by Gasteiger charge is 2.11. The fraction of sp³-hybridized carbons (Fsp3) is 0.533. The van der Waals surface area contributed by atoms with Crippen molar-refractivity contribution >= 4 is 17.5 Å². The number of hydrogen-bond acceptors (Lipinski definition) is 1. The first-order chi connectivity index (χ1) is 9.17. The van der Waals surface area contributed by atoms with Gasteiger partial charge < -0.3 is 5.32 Å². The fourth-order valence-electron chi connectivity index (χ4n) is 2.05. The number of hydrogen-bond donors (Lipinski definition) is 1. The van der Waals surface area contributed by atoms with E-state index in [0.717, 1.165) is 19.3 Å². The molecular formula is C15H21ClFNO. The average molecular weight is 286 g/mol. The number of halogens is 2. The molecule has 0 saturated heterocycles. The van der Waals surface area contributed by atoms with Gasteiger partial charge in [0, 0.05) is 12.4 Å². The predicted octanol–water partition coefficient (Wildman–Crippen LogP) is 3.53. The number of alkyl halides is 1. The maximum Gasteiger partial charge on any atom is 0.224 e. The summed E-state index contributed by atoms with van der Waals surface area (Å²) in [6.07, 6.45) is 3.11. The SMILES string of the molecule is CCCC(CCCl)CNC(=O)Cc1ccccc1F. The molecule has 1 N–H and O–H groups in total. The molecule has 1 amide bonds. The molecule has 1 unspecified atom stereocenters. The van der Waals surface area contributed by atoms with Crippen LogP contribution in [0, 0.1) is 11.7 Å². The predicted molar refractivity (Wildman–Crippen MR) is 76.8 cm³/mol. The number of benzene rings is 1. The average Bonchev–Trinajstić information content (AvgIpc) is 2.39. The molecule has 1 aromatic carbocycles. The molecular weight excluding hydrogens is 265 g/mol. The number of rotatable bonds is 8. The number of amides is 1. The zero-order valence-electron chi connectivity index (χ0n) is 11.3. The first-order valence-electron chi connectivity index (χ1n) is 6.73. The van der Waals surface area contributed by atoms with Crippen molar-refractivity contribution in [1.82, 2.24) is 5.32 Å². The molecule has 0 saturated carbocycles. The Morgan fingerprint density at radius 1 is 1.37 bits per heavy atom. The van der Waals surface area contributed by atoms with Crippen LogP contribution in [0.1, 0.15) is 31.7 Å². The monoisotopic (exact) mass is 285 g/mol. The number of carbonyl (C=O) groups is 1. The molecule has 0 aromatic heterocycles. The minimum Gasteiger partial charge on any atom is -0.356 e. The van der Waals surface area contributed by atoms with Crippen molar-refractivity contribution in [3.8, 4) is 0 Å². The van der Waals surface area contributed by atoms with Crippen molar-refractivity contribution in [3.63, 3.8) is 0 Å². The topological polar surface area (TPSA) is 29.1 Å². The molecule has 19 heavy (non-hydrogen) atoms. The van der Waals surface area contributed by atoms with Gasteiger partial charge in [0.25, 0.3) is 0 Å². The van der Waals surface area contributed by atoms with Gasteiger partial charge in [-0.25, -0.2) is 4.39 Å². The lowest BCUT2D eigenvalue weighted by Gasteiger charge is -2.15. The lowest BCUT2D eigenvalue weighted by Crippen LogP contribution is -2.31. The molecule has 106 valence electrons. The minimum atomic E-state index is -0.330. The molecule has 0 heterocycles. The molecule has 0 spiro atoms. The number of carbonyl (C=O) groups excluding carboxylic acids is 1. The molecule has 0 bridgehead atoms. The van der Waals surface area contributed by atoms with E-state index >= 15 is 0 Å². The smallest absolute Gasteiger partial charge is 0.224 e. The third kappa shape index (κ3) is 6.06. The van der Waals surface area contributed by atoms with Crippen LogP contribution in [0.5, 0.6) is 0 Å². The van der Waals surface area contributed by atoms with Crippen LogP contribution in [0.15, 0.2) is 24.3 Å². The molecule has 1 atom stereocenters. The van der Waals surface area contributed by atoms with Crippen LogP contribution in [0.3, 0.4) is 0 Å². The van der Waals surface area contributed by atoms with E-state index < -0.39 is 0 Å². The summed E-state index contributed by atoms with van der Waals surface area (Å²) in [5.41, 5.74) is 0.435. The van der Waals surface area contributed by atoms with Gasteiger partial charge in [-0.3, -0.25) is 4.79 Å². The zero-order valence-corrected chi connectivity index (χ0v) is 12.0. The molecule has 4 heteroatoms. The standard InChI is InChI=1S/C15H21ClFNO/c1-2-5-12(8-9-16)11-18-15(19)10-13-6-3-4-7-14(13)17/h3-4,6-7,12H,2,5,8-11H2,1H3,(H,18,19). The Morgan fingerprint density at radius 3 is 2.74 bits per heavy atom. The Balaban J connectivity index is 2.40. The molecule has 2 nitrogen and oxygen atoms in total. The van der Waals surface area contributed by atoms with Gasteiger partial charge in [0.15, 0.2) is 0 Å². The van der Waals surface area contributed by atoms with E-state index in [1.165, 1.54) is 6.07 Å². The largest absolute Gasteiger partial charge is 0.356 e. The van der Waals surface area contributed by atoms with E-state index in [9.17, 15) is 9.18 Å². The summed E-state index contributed by atoms with van der Waals surface area (Å²) in [6.45, 7) is 2.73. The molecule has 0 fully saturated rings. The Labute approximate surface area is 119 Å². The maximum absolute atomic E-state index is 13.4. The van der Waals surface area contributed by atoms with Gasteiger partial charge in [-0.2, -0.15) is 0 Å². The van der Waals surface area contributed by atoms with Crippen LogP contribution in [-0.4, -0.2) is 18.3 Å². The van der Waals surface area contributed by atoms with Crippen LogP contribution in [0.2, 0.25) is 0 Å². The Bertz CT molecular complexity index is 391. The highest BCUT2D eigenvalue weighted by molar-refractivity contribution is 6.17. The molecule has 1 aromatic rings. The van der Waals surface area contributed by atoms with Gasteiger partial charge in [-0.1, -0.05) is 31.5 Å². The summed E-state index contributed by atoms with van der Waals surface area (Å²) in [6, 6.07) is 6.36. The van der Waals surface area contributed by atoms with Gasteiger partial charge in [-0.05, 0) is 30.4 Å². The van der Waals surface area contributed by atoms with Crippen molar-refractivity contribution in [2.75, 3.05) is 12.4 Å². The summed E-state index contributed by atoms with van der Waals surface area (Å²) in [4.78, 5) is 11.8. The third-order valence-corrected chi connectivity index (χ3v) is 3.33. The van der Waals surface area contributed by atoms with E-state index in [2.05, 4.69) is 12.2 Å². The van der Waals surface area contributed by atoms with Crippen LogP contribution in [0.4, 0.5) is 4.39 Å². The minimum absolute atomic E-state index is 0.0897. The van der Waals surface area contributed by atoms with E-state index in [0.29, 0.717) is 23.9 Å². The third-order valence-electron chi connectivity index (χ3n) is 3.11. The lowest BCUT2D eigenvalue weighted by molar-refractivity contribution is -0.120. The van der Waals surface area contributed by atoms with Crippen LogP contribution in [0.25, 0.3) is 0 Å². The Kier molecular flexibility index (Phi) is 7.49. The second kappa shape index (κ2) is 8.92. The Hall–Kier alpha value is -1.09. The highest BCUT2D eigenvalue weighted by Crippen LogP contribution is 2.11. The highest BCUT2D eigenvalue weighted by atomic mass is 35.5. The van der Waals surface area contributed by atoms with Crippen molar-refractivity contribution in [1.29, 1.82) is 0 Å². The Morgan fingerprint density at radius 2 is 2.11 bits per heavy atom. The molecule has 0 aliphatic carbocycles. The van der Waals surface area contributed by atoms with E-state index in [4.69, 9.17) is 11.6 Å². The second-order valence-electron chi connectivity index (χ2n) is 4.70. The summed E-state index contributed by atoms with van der Waals surface area (Å²) >= 11 is 5.74. The van der Waals surface area contributed by atoms with Crippen molar-refractivity contribution in [3.05, 3.63) is 35.6 Å². The number of nitrogens with one attached hydrogen (secondary N) is 1.